The summed E-state index contributed by atoms with van der Waals surface area (Å²) in [5, 5.41) is 10.4. The molecule has 17 heavy (non-hydrogen) atoms. The van der Waals surface area contributed by atoms with Crippen molar-refractivity contribution in [2.45, 2.75) is 19.6 Å². The quantitative estimate of drug-likeness (QED) is 0.597. The lowest BCUT2D eigenvalue weighted by Crippen LogP contribution is -2.41. The number of azo groups is 1. The van der Waals surface area contributed by atoms with Gasteiger partial charge in [0.25, 0.3) is 0 Å². The Labute approximate surface area is 98.2 Å². The van der Waals surface area contributed by atoms with Gasteiger partial charge < -0.3 is 14.8 Å². The largest absolute Gasteiger partial charge is 0.416 e. The van der Waals surface area contributed by atoms with Crippen LogP contribution in [0, 0.1) is 0 Å². The minimum atomic E-state index is -2.91. The van der Waals surface area contributed by atoms with Crippen molar-refractivity contribution in [3.05, 3.63) is 24.2 Å². The van der Waals surface area contributed by atoms with E-state index in [9.17, 15) is 8.78 Å². The highest BCUT2D eigenvalue weighted by molar-refractivity contribution is 5.04. The number of hydrogen-bond acceptors (Lipinski definition) is 5. The second kappa shape index (κ2) is 7.08. The van der Waals surface area contributed by atoms with Crippen molar-refractivity contribution in [3.8, 4) is 0 Å². The van der Waals surface area contributed by atoms with Gasteiger partial charge in [0, 0.05) is 6.54 Å². The summed E-state index contributed by atoms with van der Waals surface area (Å²) < 4.78 is 33.2. The molecule has 0 saturated carbocycles. The average molecular weight is 247 g/mol. The Morgan fingerprint density at radius 2 is 2.35 bits per heavy atom. The summed E-state index contributed by atoms with van der Waals surface area (Å²) in [4.78, 5) is 0. The van der Waals surface area contributed by atoms with Crippen LogP contribution in [0.3, 0.4) is 0 Å². The standard InChI is InChI=1S/C10H15F2N3O2/c1-3-9(17-10(11)12)15-14-7(2)8-6-16-5-4-13-8/h3,8,10,13H,2,4-6H2,1H3/b9-3+,15-14?/t8-/m0/s1. The number of rotatable bonds is 5. The van der Waals surface area contributed by atoms with Gasteiger partial charge in [-0.1, -0.05) is 6.58 Å². The molecule has 7 heteroatoms. The number of nitrogens with zero attached hydrogens (tertiary/aromatic N) is 2. The fourth-order valence-corrected chi connectivity index (χ4v) is 1.20. The zero-order valence-corrected chi connectivity index (χ0v) is 9.53. The van der Waals surface area contributed by atoms with E-state index in [2.05, 4.69) is 26.9 Å². The lowest BCUT2D eigenvalue weighted by atomic mass is 10.2. The molecule has 5 nitrogen and oxygen atoms in total. The SMILES string of the molecule is C=C(N=N/C(=C\C)OC(F)F)[C@@H]1COCCN1. The van der Waals surface area contributed by atoms with Crippen LogP contribution in [0.2, 0.25) is 0 Å². The molecule has 1 N–H and O–H groups in total. The molecule has 0 spiro atoms. The van der Waals surface area contributed by atoms with Crippen LogP contribution >= 0.6 is 0 Å². The third-order valence-corrected chi connectivity index (χ3v) is 2.06. The van der Waals surface area contributed by atoms with E-state index < -0.39 is 6.61 Å². The molecular formula is C10H15F2N3O2. The van der Waals surface area contributed by atoms with Gasteiger partial charge in [-0.05, 0) is 13.0 Å². The highest BCUT2D eigenvalue weighted by Crippen LogP contribution is 2.11. The van der Waals surface area contributed by atoms with E-state index in [1.165, 1.54) is 13.0 Å². The zero-order chi connectivity index (χ0) is 12.7. The lowest BCUT2D eigenvalue weighted by molar-refractivity contribution is -0.0974. The Morgan fingerprint density at radius 3 is 2.88 bits per heavy atom. The monoisotopic (exact) mass is 247 g/mol. The van der Waals surface area contributed by atoms with Crippen molar-refractivity contribution in [1.82, 2.24) is 5.32 Å². The number of halogens is 2. The predicted molar refractivity (Wildman–Crippen MR) is 57.5 cm³/mol. The lowest BCUT2D eigenvalue weighted by Gasteiger charge is -2.22. The third-order valence-electron chi connectivity index (χ3n) is 2.06. The van der Waals surface area contributed by atoms with Crippen molar-refractivity contribution in [2.24, 2.45) is 10.2 Å². The predicted octanol–water partition coefficient (Wildman–Crippen LogP) is 2.04. The van der Waals surface area contributed by atoms with Gasteiger partial charge in [0.2, 0.25) is 5.88 Å². The number of ether oxygens (including phenoxy) is 2. The first-order valence-electron chi connectivity index (χ1n) is 5.16. The molecule has 1 aliphatic heterocycles. The van der Waals surface area contributed by atoms with Gasteiger partial charge in [-0.25, -0.2) is 0 Å². The van der Waals surface area contributed by atoms with Crippen molar-refractivity contribution in [1.29, 1.82) is 0 Å². The molecular weight excluding hydrogens is 232 g/mol. The van der Waals surface area contributed by atoms with Crippen LogP contribution in [0.4, 0.5) is 8.78 Å². The van der Waals surface area contributed by atoms with Gasteiger partial charge in [0.1, 0.15) is 0 Å². The van der Waals surface area contributed by atoms with Crippen LogP contribution < -0.4 is 5.32 Å². The fraction of sp³-hybridized carbons (Fsp3) is 0.600. The highest BCUT2D eigenvalue weighted by Gasteiger charge is 2.16. The Balaban J connectivity index is 2.48. The number of hydrogen-bond donors (Lipinski definition) is 1. The van der Waals surface area contributed by atoms with Crippen LogP contribution in [-0.2, 0) is 9.47 Å². The van der Waals surface area contributed by atoms with Crippen LogP contribution in [0.5, 0.6) is 0 Å². The molecule has 0 aliphatic carbocycles. The zero-order valence-electron chi connectivity index (χ0n) is 9.53. The van der Waals surface area contributed by atoms with Crippen LogP contribution in [0.1, 0.15) is 6.92 Å². The first kappa shape index (κ1) is 13.7. The molecule has 0 aromatic rings. The summed E-state index contributed by atoms with van der Waals surface area (Å²) in [6, 6.07) is -0.142. The summed E-state index contributed by atoms with van der Waals surface area (Å²) in [5.74, 6) is -0.238. The third kappa shape index (κ3) is 5.01. The van der Waals surface area contributed by atoms with Crippen LogP contribution in [-0.4, -0.2) is 32.4 Å². The number of morpholine rings is 1. The number of alkyl halides is 2. The van der Waals surface area contributed by atoms with Gasteiger partial charge in [-0.15, -0.1) is 5.11 Å². The second-order valence-electron chi connectivity index (χ2n) is 3.28. The van der Waals surface area contributed by atoms with Crippen LogP contribution in [0.25, 0.3) is 0 Å². The summed E-state index contributed by atoms with van der Waals surface area (Å²) in [6.07, 6.45) is 1.30. The summed E-state index contributed by atoms with van der Waals surface area (Å²) >= 11 is 0. The van der Waals surface area contributed by atoms with Crippen molar-refractivity contribution >= 4 is 0 Å². The van der Waals surface area contributed by atoms with Gasteiger partial charge in [0.05, 0.1) is 25.0 Å². The maximum atomic E-state index is 11.9. The fourth-order valence-electron chi connectivity index (χ4n) is 1.20. The normalized spacial score (nSPS) is 22.1. The van der Waals surface area contributed by atoms with Crippen molar-refractivity contribution in [3.63, 3.8) is 0 Å². The first-order chi connectivity index (χ1) is 8.13. The van der Waals surface area contributed by atoms with E-state index in [4.69, 9.17) is 4.74 Å². The Bertz CT molecular complexity index is 313. The summed E-state index contributed by atoms with van der Waals surface area (Å²) in [5.41, 5.74) is 0.418. The van der Waals surface area contributed by atoms with Crippen molar-refractivity contribution < 1.29 is 18.3 Å². The average Bonchev–Trinajstić information content (AvgIpc) is 2.34. The van der Waals surface area contributed by atoms with Gasteiger partial charge in [0.15, 0.2) is 0 Å². The minimum Gasteiger partial charge on any atom is -0.416 e. The van der Waals surface area contributed by atoms with Crippen LogP contribution in [0.15, 0.2) is 34.5 Å². The molecule has 0 aromatic carbocycles. The van der Waals surface area contributed by atoms with Gasteiger partial charge >= 0.3 is 6.61 Å². The van der Waals surface area contributed by atoms with E-state index >= 15 is 0 Å². The molecule has 1 fully saturated rings. The smallest absolute Gasteiger partial charge is 0.388 e. The summed E-state index contributed by atoms with van der Waals surface area (Å²) in [6.45, 7) is 4.08. The van der Waals surface area contributed by atoms with E-state index in [0.29, 0.717) is 25.5 Å². The summed E-state index contributed by atoms with van der Waals surface area (Å²) in [7, 11) is 0. The maximum absolute atomic E-state index is 11.9. The van der Waals surface area contributed by atoms with E-state index in [-0.39, 0.29) is 11.9 Å². The highest BCUT2D eigenvalue weighted by atomic mass is 19.3. The molecule has 0 radical (unpaired) electrons. The molecule has 1 aliphatic rings. The molecule has 1 saturated heterocycles. The number of nitrogens with one attached hydrogen (secondary N) is 1. The number of allylic oxidation sites excluding steroid dienone is 1. The Hall–Kier alpha value is -1.34. The molecule has 0 aromatic heterocycles. The van der Waals surface area contributed by atoms with E-state index in [1.807, 2.05) is 0 Å². The second-order valence-corrected chi connectivity index (χ2v) is 3.28. The van der Waals surface area contributed by atoms with E-state index in [0.717, 1.165) is 0 Å². The maximum Gasteiger partial charge on any atom is 0.388 e. The van der Waals surface area contributed by atoms with E-state index in [1.54, 1.807) is 0 Å². The Kier molecular flexibility index (Phi) is 5.71. The van der Waals surface area contributed by atoms with Gasteiger partial charge in [-0.3, -0.25) is 0 Å². The molecule has 0 unspecified atom stereocenters. The molecule has 1 heterocycles. The molecule has 1 atom stereocenters. The Morgan fingerprint density at radius 1 is 1.59 bits per heavy atom. The van der Waals surface area contributed by atoms with Crippen molar-refractivity contribution in [2.75, 3.05) is 19.8 Å². The molecule has 1 rings (SSSR count). The van der Waals surface area contributed by atoms with Gasteiger partial charge in [-0.2, -0.15) is 13.9 Å². The molecule has 0 bridgehead atoms. The molecule has 0 amide bonds. The molecule has 96 valence electrons. The first-order valence-corrected chi connectivity index (χ1v) is 5.16. The topological polar surface area (TPSA) is 55.2 Å². The minimum absolute atomic E-state index is 0.142.